The zero-order valence-corrected chi connectivity index (χ0v) is 18.7. The fourth-order valence-corrected chi connectivity index (χ4v) is 4.67. The summed E-state index contributed by atoms with van der Waals surface area (Å²) in [5.41, 5.74) is 10.0. The molecular weight excluding hydrogens is 440 g/mol. The van der Waals surface area contributed by atoms with E-state index in [0.717, 1.165) is 41.0 Å². The van der Waals surface area contributed by atoms with Crippen LogP contribution < -0.4 is 5.73 Å². The smallest absolute Gasteiger partial charge is 0.150 e. The molecule has 2 aromatic carbocycles. The number of aliphatic hydroxyl groups is 2. The van der Waals surface area contributed by atoms with Gasteiger partial charge in [-0.15, -0.1) is 0 Å². The minimum atomic E-state index is -0.826. The van der Waals surface area contributed by atoms with Crippen molar-refractivity contribution < 1.29 is 14.9 Å². The van der Waals surface area contributed by atoms with Crippen molar-refractivity contribution in [3.05, 3.63) is 82.9 Å². The van der Waals surface area contributed by atoms with Crippen LogP contribution in [0.1, 0.15) is 41.8 Å². The molecule has 4 N–H and O–H groups in total. The molecule has 0 radical (unpaired) electrons. The van der Waals surface area contributed by atoms with E-state index in [9.17, 15) is 10.2 Å². The van der Waals surface area contributed by atoms with Crippen molar-refractivity contribution in [2.45, 2.75) is 31.0 Å². The van der Waals surface area contributed by atoms with Crippen molar-refractivity contribution in [3.63, 3.8) is 0 Å². The standard InChI is InChI=1S/C25H25ClN4O3/c26-20-4-2-1-3-19(20)23(32)16-7-5-15(6-8-16)21-22-24(27)28-11-12-30(22)25(29-21)17-9-10-18(13-31)33-14-17/h1-8,11-12,17-18,23,31-32H,9-10,13-14H2,(H2,27,28). The van der Waals surface area contributed by atoms with E-state index in [2.05, 4.69) is 4.98 Å². The molecule has 0 bridgehead atoms. The molecule has 0 saturated carbocycles. The van der Waals surface area contributed by atoms with Crippen LogP contribution >= 0.6 is 11.6 Å². The van der Waals surface area contributed by atoms with Gasteiger partial charge in [0.1, 0.15) is 29.0 Å². The molecular formula is C25H25ClN4O3. The van der Waals surface area contributed by atoms with Gasteiger partial charge >= 0.3 is 0 Å². The summed E-state index contributed by atoms with van der Waals surface area (Å²) in [7, 11) is 0. The highest BCUT2D eigenvalue weighted by atomic mass is 35.5. The number of nitrogens with zero attached hydrogens (tertiary/aromatic N) is 3. The van der Waals surface area contributed by atoms with Gasteiger partial charge in [0.2, 0.25) is 0 Å². The Morgan fingerprint density at radius 1 is 1.15 bits per heavy atom. The van der Waals surface area contributed by atoms with Gasteiger partial charge in [-0.1, -0.05) is 54.1 Å². The third-order valence-corrected chi connectivity index (χ3v) is 6.59. The molecule has 1 saturated heterocycles. The monoisotopic (exact) mass is 464 g/mol. The van der Waals surface area contributed by atoms with E-state index < -0.39 is 6.10 Å². The van der Waals surface area contributed by atoms with E-state index in [4.69, 9.17) is 27.1 Å². The van der Waals surface area contributed by atoms with Crippen LogP contribution in [0.25, 0.3) is 16.8 Å². The highest BCUT2D eigenvalue weighted by Crippen LogP contribution is 2.35. The number of ether oxygens (including phenoxy) is 1. The lowest BCUT2D eigenvalue weighted by Crippen LogP contribution is -2.28. The third-order valence-electron chi connectivity index (χ3n) is 6.25. The molecule has 1 aliphatic rings. The first-order valence-electron chi connectivity index (χ1n) is 10.9. The molecule has 5 rings (SSSR count). The Kier molecular flexibility index (Phi) is 6.03. The maximum atomic E-state index is 10.8. The normalized spacial score (nSPS) is 19.6. The first-order chi connectivity index (χ1) is 16.1. The first-order valence-corrected chi connectivity index (χ1v) is 11.3. The summed E-state index contributed by atoms with van der Waals surface area (Å²) in [6.07, 6.45) is 4.24. The van der Waals surface area contributed by atoms with Gasteiger partial charge in [0.25, 0.3) is 0 Å². The van der Waals surface area contributed by atoms with Crippen LogP contribution in [-0.2, 0) is 4.74 Å². The molecule has 0 amide bonds. The zero-order chi connectivity index (χ0) is 22.9. The van der Waals surface area contributed by atoms with Crippen molar-refractivity contribution in [2.24, 2.45) is 0 Å². The average molecular weight is 465 g/mol. The van der Waals surface area contributed by atoms with E-state index in [0.29, 0.717) is 23.0 Å². The summed E-state index contributed by atoms with van der Waals surface area (Å²) in [4.78, 5) is 9.23. The zero-order valence-electron chi connectivity index (χ0n) is 17.9. The van der Waals surface area contributed by atoms with Gasteiger partial charge < -0.3 is 20.7 Å². The number of aromatic nitrogens is 3. The summed E-state index contributed by atoms with van der Waals surface area (Å²) in [5, 5.41) is 20.7. The number of anilines is 1. The molecule has 4 aromatic rings. The quantitative estimate of drug-likeness (QED) is 0.412. The number of rotatable bonds is 5. The lowest BCUT2D eigenvalue weighted by atomic mass is 9.98. The SMILES string of the molecule is Nc1nccn2c(C3CCC(CO)OC3)nc(-c3ccc(C(O)c4ccccc4Cl)cc3)c12. The molecule has 0 aliphatic carbocycles. The van der Waals surface area contributed by atoms with Crippen molar-refractivity contribution in [2.75, 3.05) is 18.9 Å². The predicted octanol–water partition coefficient (Wildman–Crippen LogP) is 3.97. The molecule has 3 heterocycles. The molecule has 3 atom stereocenters. The van der Waals surface area contributed by atoms with Crippen molar-refractivity contribution in [1.82, 2.24) is 14.4 Å². The lowest BCUT2D eigenvalue weighted by Gasteiger charge is -2.27. The van der Waals surface area contributed by atoms with Gasteiger partial charge in [-0.05, 0) is 24.5 Å². The summed E-state index contributed by atoms with van der Waals surface area (Å²) in [6.45, 7) is 0.526. The topological polar surface area (TPSA) is 106 Å². The summed E-state index contributed by atoms with van der Waals surface area (Å²) in [6, 6.07) is 14.9. The Hall–Kier alpha value is -2.97. The predicted molar refractivity (Wildman–Crippen MR) is 127 cm³/mol. The van der Waals surface area contributed by atoms with Crippen molar-refractivity contribution >= 4 is 22.9 Å². The number of benzene rings is 2. The average Bonchev–Trinajstić information content (AvgIpc) is 3.25. The third kappa shape index (κ3) is 4.09. The number of nitrogens with two attached hydrogens (primary N) is 1. The van der Waals surface area contributed by atoms with Gasteiger partial charge in [0.05, 0.1) is 19.3 Å². The summed E-state index contributed by atoms with van der Waals surface area (Å²) < 4.78 is 7.78. The number of hydrogen-bond acceptors (Lipinski definition) is 6. The Balaban J connectivity index is 1.50. The van der Waals surface area contributed by atoms with Crippen molar-refractivity contribution in [3.8, 4) is 11.3 Å². The van der Waals surface area contributed by atoms with E-state index in [-0.39, 0.29) is 18.6 Å². The Morgan fingerprint density at radius 2 is 1.94 bits per heavy atom. The van der Waals surface area contributed by atoms with E-state index in [1.165, 1.54) is 0 Å². The van der Waals surface area contributed by atoms with E-state index >= 15 is 0 Å². The van der Waals surface area contributed by atoms with Gasteiger partial charge in [-0.25, -0.2) is 9.97 Å². The summed E-state index contributed by atoms with van der Waals surface area (Å²) >= 11 is 6.26. The molecule has 1 aliphatic heterocycles. The fourth-order valence-electron chi connectivity index (χ4n) is 4.43. The number of imidazole rings is 1. The van der Waals surface area contributed by atoms with Gasteiger partial charge in [0, 0.05) is 34.5 Å². The largest absolute Gasteiger partial charge is 0.394 e. The number of aliphatic hydroxyl groups excluding tert-OH is 2. The Bertz CT molecular complexity index is 1270. The molecule has 2 aromatic heterocycles. The van der Waals surface area contributed by atoms with Crippen molar-refractivity contribution in [1.29, 1.82) is 0 Å². The summed E-state index contributed by atoms with van der Waals surface area (Å²) in [5.74, 6) is 1.36. The number of halogens is 1. The maximum Gasteiger partial charge on any atom is 0.150 e. The van der Waals surface area contributed by atoms with Crippen LogP contribution in [0.15, 0.2) is 60.9 Å². The minimum absolute atomic E-state index is 0.0313. The first kappa shape index (κ1) is 21.9. The van der Waals surface area contributed by atoms with Crippen LogP contribution in [-0.4, -0.2) is 43.9 Å². The van der Waals surface area contributed by atoms with Crippen LogP contribution in [0.3, 0.4) is 0 Å². The highest BCUT2D eigenvalue weighted by Gasteiger charge is 2.28. The molecule has 1 fully saturated rings. The second-order valence-electron chi connectivity index (χ2n) is 8.31. The number of fused-ring (bicyclic) bond motifs is 1. The highest BCUT2D eigenvalue weighted by molar-refractivity contribution is 6.31. The molecule has 3 unspecified atom stereocenters. The van der Waals surface area contributed by atoms with Gasteiger partial charge in [-0.3, -0.25) is 4.40 Å². The van der Waals surface area contributed by atoms with Crippen LogP contribution in [0.4, 0.5) is 5.82 Å². The van der Waals surface area contributed by atoms with Crippen LogP contribution in [0.2, 0.25) is 5.02 Å². The second kappa shape index (κ2) is 9.11. The minimum Gasteiger partial charge on any atom is -0.394 e. The number of hydrogen-bond donors (Lipinski definition) is 3. The maximum absolute atomic E-state index is 10.8. The van der Waals surface area contributed by atoms with Gasteiger partial charge in [0.15, 0.2) is 0 Å². The second-order valence-corrected chi connectivity index (χ2v) is 8.72. The Morgan fingerprint density at radius 3 is 2.64 bits per heavy atom. The molecule has 8 heteroatoms. The van der Waals surface area contributed by atoms with Crippen LogP contribution in [0.5, 0.6) is 0 Å². The fraction of sp³-hybridized carbons (Fsp3) is 0.280. The van der Waals surface area contributed by atoms with Crippen LogP contribution in [0, 0.1) is 0 Å². The van der Waals surface area contributed by atoms with E-state index in [1.54, 1.807) is 12.3 Å². The van der Waals surface area contributed by atoms with Gasteiger partial charge in [-0.2, -0.15) is 0 Å². The number of nitrogen functional groups attached to an aromatic ring is 1. The van der Waals surface area contributed by atoms with E-state index in [1.807, 2.05) is 53.1 Å². The lowest BCUT2D eigenvalue weighted by molar-refractivity contribution is -0.0282. The molecule has 170 valence electrons. The molecule has 33 heavy (non-hydrogen) atoms. The molecule has 7 nitrogen and oxygen atoms in total. The Labute approximate surface area is 196 Å². The molecule has 0 spiro atoms.